The first-order chi connectivity index (χ1) is 22.2. The summed E-state index contributed by atoms with van der Waals surface area (Å²) < 4.78 is 0. The molecule has 212 valence electrons. The van der Waals surface area contributed by atoms with Crippen LogP contribution in [0.1, 0.15) is 11.8 Å². The fourth-order valence-electron chi connectivity index (χ4n) is 7.20. The van der Waals surface area contributed by atoms with Gasteiger partial charge in [0.25, 0.3) is 0 Å². The summed E-state index contributed by atoms with van der Waals surface area (Å²) in [5, 5.41) is 19.3. The van der Waals surface area contributed by atoms with Crippen molar-refractivity contribution in [2.75, 3.05) is 4.90 Å². The van der Waals surface area contributed by atoms with Crippen LogP contribution in [0.25, 0.3) is 65.7 Å². The highest BCUT2D eigenvalue weighted by molar-refractivity contribution is 6.26. The Bertz CT molecular complexity index is 2390. The molecule has 0 saturated heterocycles. The number of rotatable bonds is 3. The molecule has 1 aliphatic rings. The Morgan fingerprint density at radius 3 is 1.62 bits per heavy atom. The van der Waals surface area contributed by atoms with Crippen molar-refractivity contribution in [3.63, 3.8) is 0 Å². The van der Waals surface area contributed by atoms with E-state index in [1.54, 1.807) is 0 Å². The zero-order valence-electron chi connectivity index (χ0n) is 24.6. The van der Waals surface area contributed by atoms with E-state index < -0.39 is 6.23 Å². The van der Waals surface area contributed by atoms with Crippen molar-refractivity contribution in [1.29, 1.82) is 0 Å². The third-order valence-electron chi connectivity index (χ3n) is 9.34. The molecule has 0 bridgehead atoms. The number of benzene rings is 8. The van der Waals surface area contributed by atoms with Crippen LogP contribution in [-0.4, -0.2) is 5.11 Å². The number of hydrogen-bond donors (Lipinski definition) is 1. The highest BCUT2D eigenvalue weighted by Gasteiger charge is 2.31. The summed E-state index contributed by atoms with van der Waals surface area (Å²) in [7, 11) is 0. The van der Waals surface area contributed by atoms with E-state index in [2.05, 4.69) is 150 Å². The quantitative estimate of drug-likeness (QED) is 0.212. The normalized spacial score (nSPS) is 14.1. The molecular weight excluding hydrogens is 546 g/mol. The van der Waals surface area contributed by atoms with Gasteiger partial charge in [0, 0.05) is 16.8 Å². The molecule has 45 heavy (non-hydrogen) atoms. The molecule has 1 unspecified atom stereocenters. The predicted octanol–water partition coefficient (Wildman–Crippen LogP) is 11.3. The second kappa shape index (κ2) is 10.2. The molecular formula is C43H29NO. The summed E-state index contributed by atoms with van der Waals surface area (Å²) in [6.45, 7) is 0. The third kappa shape index (κ3) is 4.07. The van der Waals surface area contributed by atoms with Gasteiger partial charge in [-0.25, -0.2) is 0 Å². The van der Waals surface area contributed by atoms with Gasteiger partial charge in [-0.1, -0.05) is 133 Å². The number of anilines is 2. The third-order valence-corrected chi connectivity index (χ3v) is 9.34. The van der Waals surface area contributed by atoms with E-state index >= 15 is 0 Å². The fourth-order valence-corrected chi connectivity index (χ4v) is 7.20. The number of aliphatic hydroxyl groups is 1. The van der Waals surface area contributed by atoms with Crippen molar-refractivity contribution in [1.82, 2.24) is 0 Å². The first-order valence-electron chi connectivity index (χ1n) is 15.4. The molecule has 0 aliphatic carbocycles. The Balaban J connectivity index is 1.29. The summed E-state index contributed by atoms with van der Waals surface area (Å²) in [6.07, 6.45) is -0.819. The highest BCUT2D eigenvalue weighted by atomic mass is 16.3. The maximum atomic E-state index is 12.0. The average molecular weight is 576 g/mol. The first-order valence-corrected chi connectivity index (χ1v) is 15.4. The summed E-state index contributed by atoms with van der Waals surface area (Å²) in [5.41, 5.74) is 9.77. The first kappa shape index (κ1) is 25.8. The van der Waals surface area contributed by atoms with Gasteiger partial charge < -0.3 is 10.0 Å². The van der Waals surface area contributed by atoms with Crippen LogP contribution in [0.4, 0.5) is 11.4 Å². The molecule has 1 aliphatic heterocycles. The van der Waals surface area contributed by atoms with Gasteiger partial charge in [-0.3, -0.25) is 0 Å². The van der Waals surface area contributed by atoms with Gasteiger partial charge in [0.2, 0.25) is 0 Å². The molecule has 2 heteroatoms. The van der Waals surface area contributed by atoms with Gasteiger partial charge in [-0.2, -0.15) is 0 Å². The van der Waals surface area contributed by atoms with Gasteiger partial charge in [0.15, 0.2) is 6.23 Å². The van der Waals surface area contributed by atoms with Crippen molar-refractivity contribution in [3.05, 3.63) is 169 Å². The average Bonchev–Trinajstić information content (AvgIpc) is 3.12. The largest absolute Gasteiger partial charge is 0.369 e. The van der Waals surface area contributed by atoms with Crippen LogP contribution in [0.3, 0.4) is 0 Å². The van der Waals surface area contributed by atoms with E-state index in [4.69, 9.17) is 0 Å². The Morgan fingerprint density at radius 2 is 0.911 bits per heavy atom. The van der Waals surface area contributed by atoms with E-state index in [9.17, 15) is 5.11 Å². The lowest BCUT2D eigenvalue weighted by Crippen LogP contribution is -2.27. The maximum absolute atomic E-state index is 12.0. The summed E-state index contributed by atoms with van der Waals surface area (Å²) in [6, 6.07) is 58.0. The minimum absolute atomic E-state index is 0.819. The van der Waals surface area contributed by atoms with Crippen LogP contribution in [0.15, 0.2) is 164 Å². The molecule has 1 heterocycles. The standard InChI is InChI=1S/C43H29NO/c45-43-38-18-10-9-17-35(38)41-26-31(29-13-5-2-6-14-29)20-24-42(41)44(43)32-21-23-37-34-16-8-7-15-33(34)36-22-19-30(25-39(36)40(37)27-32)28-11-3-1-4-12-28/h1-27,43,45H. The van der Waals surface area contributed by atoms with Crippen LogP contribution in [0, 0.1) is 0 Å². The molecule has 8 aromatic rings. The Morgan fingerprint density at radius 1 is 0.378 bits per heavy atom. The van der Waals surface area contributed by atoms with Crippen LogP contribution in [-0.2, 0) is 0 Å². The van der Waals surface area contributed by atoms with Crippen LogP contribution >= 0.6 is 0 Å². The van der Waals surface area contributed by atoms with E-state index in [0.717, 1.165) is 33.6 Å². The Kier molecular flexibility index (Phi) is 5.84. The molecule has 0 fully saturated rings. The molecule has 0 amide bonds. The van der Waals surface area contributed by atoms with E-state index in [1.807, 2.05) is 18.2 Å². The Hall–Kier alpha value is -5.70. The second-order valence-electron chi connectivity index (χ2n) is 11.8. The molecule has 1 atom stereocenters. The fraction of sp³-hybridized carbons (Fsp3) is 0.0233. The summed E-state index contributed by atoms with van der Waals surface area (Å²) in [5.74, 6) is 0. The van der Waals surface area contributed by atoms with Crippen molar-refractivity contribution in [2.45, 2.75) is 6.23 Å². The second-order valence-corrected chi connectivity index (χ2v) is 11.8. The zero-order chi connectivity index (χ0) is 29.9. The van der Waals surface area contributed by atoms with Crippen LogP contribution in [0.2, 0.25) is 0 Å². The minimum Gasteiger partial charge on any atom is -0.369 e. The predicted molar refractivity (Wildman–Crippen MR) is 189 cm³/mol. The Labute approximate surface area is 262 Å². The number of hydrogen-bond acceptors (Lipinski definition) is 2. The van der Waals surface area contributed by atoms with E-state index in [1.165, 1.54) is 49.0 Å². The van der Waals surface area contributed by atoms with E-state index in [-0.39, 0.29) is 0 Å². The number of fused-ring (bicyclic) bond motifs is 9. The van der Waals surface area contributed by atoms with Crippen LogP contribution < -0.4 is 4.90 Å². The molecule has 0 spiro atoms. The maximum Gasteiger partial charge on any atom is 0.158 e. The molecule has 9 rings (SSSR count). The topological polar surface area (TPSA) is 23.5 Å². The molecule has 0 aromatic heterocycles. The molecule has 1 N–H and O–H groups in total. The lowest BCUT2D eigenvalue weighted by Gasteiger charge is -2.37. The number of aliphatic hydroxyl groups excluding tert-OH is 1. The SMILES string of the molecule is OC1c2ccccc2-c2cc(-c3ccccc3)ccc2N1c1ccc2c3ccccc3c3ccc(-c4ccccc4)cc3c2c1. The summed E-state index contributed by atoms with van der Waals surface area (Å²) >= 11 is 0. The lowest BCUT2D eigenvalue weighted by atomic mass is 9.88. The van der Waals surface area contributed by atoms with Crippen LogP contribution in [0.5, 0.6) is 0 Å². The zero-order valence-corrected chi connectivity index (χ0v) is 24.6. The van der Waals surface area contributed by atoms with Crippen molar-refractivity contribution in [3.8, 4) is 33.4 Å². The van der Waals surface area contributed by atoms with Gasteiger partial charge >= 0.3 is 0 Å². The lowest BCUT2D eigenvalue weighted by molar-refractivity contribution is 0.184. The van der Waals surface area contributed by atoms with Gasteiger partial charge in [-0.15, -0.1) is 0 Å². The van der Waals surface area contributed by atoms with Gasteiger partial charge in [-0.05, 0) is 90.5 Å². The van der Waals surface area contributed by atoms with Gasteiger partial charge in [0.05, 0.1) is 5.69 Å². The number of nitrogens with zero attached hydrogens (tertiary/aromatic N) is 1. The van der Waals surface area contributed by atoms with Crippen molar-refractivity contribution < 1.29 is 5.11 Å². The van der Waals surface area contributed by atoms with Gasteiger partial charge in [0.1, 0.15) is 0 Å². The highest BCUT2D eigenvalue weighted by Crippen LogP contribution is 2.49. The van der Waals surface area contributed by atoms with E-state index in [0.29, 0.717) is 0 Å². The molecule has 2 nitrogen and oxygen atoms in total. The molecule has 0 saturated carbocycles. The molecule has 0 radical (unpaired) electrons. The summed E-state index contributed by atoms with van der Waals surface area (Å²) in [4.78, 5) is 2.09. The minimum atomic E-state index is -0.819. The molecule has 8 aromatic carbocycles. The smallest absolute Gasteiger partial charge is 0.158 e. The van der Waals surface area contributed by atoms with Crippen molar-refractivity contribution >= 4 is 43.7 Å². The monoisotopic (exact) mass is 575 g/mol. The van der Waals surface area contributed by atoms with Crippen molar-refractivity contribution in [2.24, 2.45) is 0 Å².